The molecule has 4 heteroatoms. The van der Waals surface area contributed by atoms with E-state index in [0.717, 1.165) is 17.8 Å². The highest BCUT2D eigenvalue weighted by atomic mass is 16.3. The third-order valence-corrected chi connectivity index (χ3v) is 3.06. The minimum atomic E-state index is -0.0839. The Hall–Kier alpha value is -1.68. The Bertz CT molecular complexity index is 532. The van der Waals surface area contributed by atoms with E-state index in [2.05, 4.69) is 43.1 Å². The highest BCUT2D eigenvalue weighted by molar-refractivity contribution is 5.60. The molecule has 1 aromatic heterocycles. The van der Waals surface area contributed by atoms with Gasteiger partial charge in [-0.1, -0.05) is 31.2 Å². The van der Waals surface area contributed by atoms with E-state index >= 15 is 0 Å². The van der Waals surface area contributed by atoms with Gasteiger partial charge in [0.25, 0.3) is 0 Å². The standard InChI is InChI=1S/C14H19N3O/c1-4-11-7-5-6-8-12(11)14-16-15-13(9-18)17(14)10(2)3/h5-8,10,18H,4,9H2,1-3H3. The van der Waals surface area contributed by atoms with Gasteiger partial charge < -0.3 is 9.67 Å². The second kappa shape index (κ2) is 5.31. The Morgan fingerprint density at radius 2 is 1.94 bits per heavy atom. The molecule has 1 N–H and O–H groups in total. The van der Waals surface area contributed by atoms with E-state index in [1.807, 2.05) is 16.7 Å². The molecule has 4 nitrogen and oxygen atoms in total. The van der Waals surface area contributed by atoms with Crippen molar-refractivity contribution in [1.82, 2.24) is 14.8 Å². The van der Waals surface area contributed by atoms with Crippen LogP contribution < -0.4 is 0 Å². The zero-order chi connectivity index (χ0) is 13.1. The normalized spacial score (nSPS) is 11.2. The molecule has 96 valence electrons. The molecule has 0 aliphatic heterocycles. The van der Waals surface area contributed by atoms with Crippen LogP contribution in [0.1, 0.15) is 38.2 Å². The van der Waals surface area contributed by atoms with E-state index < -0.39 is 0 Å². The van der Waals surface area contributed by atoms with Gasteiger partial charge in [-0.05, 0) is 25.8 Å². The van der Waals surface area contributed by atoms with Crippen molar-refractivity contribution in [3.63, 3.8) is 0 Å². The number of rotatable bonds is 4. The van der Waals surface area contributed by atoms with Crippen LogP contribution in [0.3, 0.4) is 0 Å². The summed E-state index contributed by atoms with van der Waals surface area (Å²) >= 11 is 0. The summed E-state index contributed by atoms with van der Waals surface area (Å²) in [4.78, 5) is 0. The molecule has 0 atom stereocenters. The van der Waals surface area contributed by atoms with Crippen molar-refractivity contribution in [3.05, 3.63) is 35.7 Å². The molecule has 0 bridgehead atoms. The Morgan fingerprint density at radius 3 is 2.56 bits per heavy atom. The smallest absolute Gasteiger partial charge is 0.164 e. The first kappa shape index (κ1) is 12.8. The highest BCUT2D eigenvalue weighted by Gasteiger charge is 2.17. The summed E-state index contributed by atoms with van der Waals surface area (Å²) in [6.07, 6.45) is 0.954. The Kier molecular flexibility index (Phi) is 3.77. The molecule has 0 fully saturated rings. The van der Waals surface area contributed by atoms with E-state index in [4.69, 9.17) is 0 Å². The SMILES string of the molecule is CCc1ccccc1-c1nnc(CO)n1C(C)C. The van der Waals surface area contributed by atoms with E-state index in [0.29, 0.717) is 5.82 Å². The number of hydrogen-bond donors (Lipinski definition) is 1. The van der Waals surface area contributed by atoms with Crippen LogP contribution in [0.15, 0.2) is 24.3 Å². The van der Waals surface area contributed by atoms with Gasteiger partial charge in [0.05, 0.1) is 0 Å². The molecule has 0 amide bonds. The van der Waals surface area contributed by atoms with Crippen molar-refractivity contribution >= 4 is 0 Å². The van der Waals surface area contributed by atoms with Gasteiger partial charge in [0.2, 0.25) is 0 Å². The van der Waals surface area contributed by atoms with Crippen molar-refractivity contribution in [2.24, 2.45) is 0 Å². The zero-order valence-electron chi connectivity index (χ0n) is 11.1. The summed E-state index contributed by atoms with van der Waals surface area (Å²) in [5.74, 6) is 1.46. The number of nitrogens with zero attached hydrogens (tertiary/aromatic N) is 3. The summed E-state index contributed by atoms with van der Waals surface area (Å²) in [6.45, 7) is 6.18. The lowest BCUT2D eigenvalue weighted by Gasteiger charge is -2.14. The Balaban J connectivity index is 2.60. The topological polar surface area (TPSA) is 50.9 Å². The van der Waals surface area contributed by atoms with Crippen LogP contribution in [-0.2, 0) is 13.0 Å². The number of aliphatic hydroxyl groups is 1. The van der Waals surface area contributed by atoms with Gasteiger partial charge in [-0.25, -0.2) is 0 Å². The van der Waals surface area contributed by atoms with Crippen LogP contribution >= 0.6 is 0 Å². The molecule has 18 heavy (non-hydrogen) atoms. The maximum atomic E-state index is 9.33. The molecule has 0 aliphatic carbocycles. The molecule has 0 saturated carbocycles. The summed E-state index contributed by atoms with van der Waals surface area (Å²) < 4.78 is 1.99. The highest BCUT2D eigenvalue weighted by Crippen LogP contribution is 2.26. The Morgan fingerprint density at radius 1 is 1.22 bits per heavy atom. The van der Waals surface area contributed by atoms with Crippen LogP contribution in [0.5, 0.6) is 0 Å². The largest absolute Gasteiger partial charge is 0.388 e. The third kappa shape index (κ3) is 2.16. The fourth-order valence-electron chi connectivity index (χ4n) is 2.20. The maximum Gasteiger partial charge on any atom is 0.164 e. The van der Waals surface area contributed by atoms with Gasteiger partial charge in [-0.2, -0.15) is 0 Å². The second-order valence-corrected chi connectivity index (χ2v) is 4.57. The predicted molar refractivity (Wildman–Crippen MR) is 71.1 cm³/mol. The lowest BCUT2D eigenvalue weighted by Crippen LogP contribution is -2.08. The van der Waals surface area contributed by atoms with Gasteiger partial charge in [0.15, 0.2) is 11.6 Å². The first-order valence-corrected chi connectivity index (χ1v) is 6.32. The van der Waals surface area contributed by atoms with Crippen LogP contribution in [0.4, 0.5) is 0 Å². The van der Waals surface area contributed by atoms with Gasteiger partial charge in [-0.15, -0.1) is 10.2 Å². The molecule has 2 aromatic rings. The quantitative estimate of drug-likeness (QED) is 0.900. The zero-order valence-corrected chi connectivity index (χ0v) is 11.1. The average Bonchev–Trinajstić information content (AvgIpc) is 2.82. The molecule has 0 radical (unpaired) electrons. The van der Waals surface area contributed by atoms with E-state index in [1.165, 1.54) is 5.56 Å². The number of aliphatic hydroxyl groups excluding tert-OH is 1. The van der Waals surface area contributed by atoms with Crippen LogP contribution in [0, 0.1) is 0 Å². The predicted octanol–water partition coefficient (Wildman–Crippen LogP) is 2.58. The fourth-order valence-corrected chi connectivity index (χ4v) is 2.20. The summed E-state index contributed by atoms with van der Waals surface area (Å²) in [7, 11) is 0. The summed E-state index contributed by atoms with van der Waals surface area (Å²) in [5.41, 5.74) is 2.34. The van der Waals surface area contributed by atoms with Gasteiger partial charge in [0.1, 0.15) is 6.61 Å². The second-order valence-electron chi connectivity index (χ2n) is 4.57. The van der Waals surface area contributed by atoms with Crippen LogP contribution in [-0.4, -0.2) is 19.9 Å². The average molecular weight is 245 g/mol. The van der Waals surface area contributed by atoms with Crippen molar-refractivity contribution < 1.29 is 5.11 Å². The molecule has 0 unspecified atom stereocenters. The van der Waals surface area contributed by atoms with Crippen molar-refractivity contribution in [2.75, 3.05) is 0 Å². The number of hydrogen-bond acceptors (Lipinski definition) is 3. The van der Waals surface area contributed by atoms with Gasteiger partial charge >= 0.3 is 0 Å². The summed E-state index contributed by atoms with van der Waals surface area (Å²) in [6, 6.07) is 8.43. The van der Waals surface area contributed by atoms with Crippen molar-refractivity contribution in [2.45, 2.75) is 39.8 Å². The first-order chi connectivity index (χ1) is 8.69. The maximum absolute atomic E-state index is 9.33. The fraction of sp³-hybridized carbons (Fsp3) is 0.429. The first-order valence-electron chi connectivity index (χ1n) is 6.32. The molecular formula is C14H19N3O. The van der Waals surface area contributed by atoms with Crippen molar-refractivity contribution in [1.29, 1.82) is 0 Å². The third-order valence-electron chi connectivity index (χ3n) is 3.06. The van der Waals surface area contributed by atoms with E-state index in [-0.39, 0.29) is 12.6 Å². The molecule has 0 saturated heterocycles. The monoisotopic (exact) mass is 245 g/mol. The number of aryl methyl sites for hydroxylation is 1. The minimum Gasteiger partial charge on any atom is -0.388 e. The molecule has 0 spiro atoms. The molecular weight excluding hydrogens is 226 g/mol. The van der Waals surface area contributed by atoms with Gasteiger partial charge in [-0.3, -0.25) is 0 Å². The lowest BCUT2D eigenvalue weighted by atomic mass is 10.0. The molecule has 1 heterocycles. The number of benzene rings is 1. The van der Waals surface area contributed by atoms with Gasteiger partial charge in [0, 0.05) is 11.6 Å². The lowest BCUT2D eigenvalue weighted by molar-refractivity contribution is 0.262. The van der Waals surface area contributed by atoms with E-state index in [9.17, 15) is 5.11 Å². The van der Waals surface area contributed by atoms with Crippen LogP contribution in [0.25, 0.3) is 11.4 Å². The molecule has 2 rings (SSSR count). The van der Waals surface area contributed by atoms with Crippen LogP contribution in [0.2, 0.25) is 0 Å². The minimum absolute atomic E-state index is 0.0839. The number of aromatic nitrogens is 3. The molecule has 1 aromatic carbocycles. The molecule has 0 aliphatic rings. The van der Waals surface area contributed by atoms with E-state index in [1.54, 1.807) is 0 Å². The Labute approximate surface area is 107 Å². The van der Waals surface area contributed by atoms with Crippen molar-refractivity contribution in [3.8, 4) is 11.4 Å². The summed E-state index contributed by atoms with van der Waals surface area (Å²) in [5, 5.41) is 17.6.